The number of halogens is 8. The molecule has 0 spiro atoms. The second-order valence-electron chi connectivity index (χ2n) is 5.92. The molecule has 0 saturated heterocycles. The summed E-state index contributed by atoms with van der Waals surface area (Å²) in [6.45, 7) is -1.99. The lowest BCUT2D eigenvalue weighted by atomic mass is 10.1. The lowest BCUT2D eigenvalue weighted by molar-refractivity contribution is -0.287. The van der Waals surface area contributed by atoms with Gasteiger partial charge in [0, 0.05) is 30.1 Å². The Labute approximate surface area is 154 Å². The van der Waals surface area contributed by atoms with Crippen molar-refractivity contribution < 1.29 is 35.1 Å². The number of rotatable bonds is 3. The van der Waals surface area contributed by atoms with Crippen molar-refractivity contribution in [3.05, 3.63) is 57.0 Å². The van der Waals surface area contributed by atoms with Gasteiger partial charge < -0.3 is 4.98 Å². The Bertz CT molecular complexity index is 1190. The van der Waals surface area contributed by atoms with Crippen LogP contribution in [-0.4, -0.2) is 31.3 Å². The minimum absolute atomic E-state index is 0.0814. The number of H-pyrrole nitrogens is 1. The van der Waals surface area contributed by atoms with E-state index in [1.54, 1.807) is 0 Å². The molecule has 0 aliphatic rings. The van der Waals surface area contributed by atoms with Crippen molar-refractivity contribution in [2.75, 3.05) is 0 Å². The molecule has 0 unspecified atom stereocenters. The van der Waals surface area contributed by atoms with E-state index in [0.29, 0.717) is 16.8 Å². The van der Waals surface area contributed by atoms with Crippen LogP contribution >= 0.6 is 0 Å². The summed E-state index contributed by atoms with van der Waals surface area (Å²) in [6, 6.07) is 1.63. The molecule has 0 bridgehead atoms. The third-order valence-corrected chi connectivity index (χ3v) is 3.84. The predicted octanol–water partition coefficient (Wildman–Crippen LogP) is 3.07. The summed E-state index contributed by atoms with van der Waals surface area (Å²) in [7, 11) is 0. The van der Waals surface area contributed by atoms with Gasteiger partial charge in [0.05, 0.1) is 11.8 Å². The molecule has 3 rings (SSSR count). The van der Waals surface area contributed by atoms with Crippen molar-refractivity contribution in [1.82, 2.24) is 19.2 Å². The van der Waals surface area contributed by atoms with Crippen molar-refractivity contribution in [3.8, 4) is 11.1 Å². The van der Waals surface area contributed by atoms with E-state index >= 15 is 0 Å². The van der Waals surface area contributed by atoms with Gasteiger partial charge >= 0.3 is 18.3 Å². The SMILES string of the molecule is O=c1ccn2c(=O)c(-c3cnn(CC(F)(F)C(F)(F)F)c3)c(C(F)(F)F)[nH]c2c1. The van der Waals surface area contributed by atoms with E-state index in [9.17, 15) is 44.7 Å². The van der Waals surface area contributed by atoms with Crippen LogP contribution in [0.5, 0.6) is 0 Å². The molecule has 0 radical (unpaired) electrons. The maximum atomic E-state index is 13.4. The van der Waals surface area contributed by atoms with Crippen LogP contribution in [0.4, 0.5) is 35.1 Å². The summed E-state index contributed by atoms with van der Waals surface area (Å²) in [5.41, 5.74) is -5.78. The quantitative estimate of drug-likeness (QED) is 0.652. The van der Waals surface area contributed by atoms with Crippen LogP contribution < -0.4 is 11.0 Å². The first-order valence-electron chi connectivity index (χ1n) is 7.54. The van der Waals surface area contributed by atoms with Gasteiger partial charge in [-0.2, -0.15) is 40.2 Å². The standard InChI is InChI=1S/C15H8F8N4O2/c16-13(17,15(21,22)23)6-26-5-7(4-24-26)10-11(14(18,19)20)25-9-3-8(28)1-2-27(9)12(10)29/h1-5,25H,6H2. The van der Waals surface area contributed by atoms with Crippen LogP contribution in [0.3, 0.4) is 0 Å². The number of aromatic nitrogens is 4. The Kier molecular flexibility index (Phi) is 4.55. The number of aromatic amines is 1. The third-order valence-electron chi connectivity index (χ3n) is 3.84. The van der Waals surface area contributed by atoms with E-state index in [0.717, 1.165) is 18.3 Å². The van der Waals surface area contributed by atoms with Gasteiger partial charge in [-0.05, 0) is 0 Å². The maximum absolute atomic E-state index is 13.4. The minimum atomic E-state index is -5.90. The van der Waals surface area contributed by atoms with E-state index in [-0.39, 0.29) is 4.68 Å². The van der Waals surface area contributed by atoms with Crippen LogP contribution in [0.15, 0.2) is 40.3 Å². The molecule has 3 aromatic rings. The highest BCUT2D eigenvalue weighted by molar-refractivity contribution is 5.66. The molecule has 29 heavy (non-hydrogen) atoms. The second kappa shape index (κ2) is 6.42. The first kappa shape index (κ1) is 20.5. The zero-order valence-corrected chi connectivity index (χ0v) is 13.8. The van der Waals surface area contributed by atoms with Crippen LogP contribution in [0.2, 0.25) is 0 Å². The normalized spacial score (nSPS) is 13.2. The third kappa shape index (κ3) is 3.73. The summed E-state index contributed by atoms with van der Waals surface area (Å²) >= 11 is 0. The first-order chi connectivity index (χ1) is 13.2. The van der Waals surface area contributed by atoms with Gasteiger partial charge in [0.25, 0.3) is 5.56 Å². The minimum Gasteiger partial charge on any atom is -0.336 e. The molecule has 14 heteroatoms. The molecule has 6 nitrogen and oxygen atoms in total. The Morgan fingerprint density at radius 1 is 1.03 bits per heavy atom. The highest BCUT2D eigenvalue weighted by Gasteiger charge is 2.57. The Morgan fingerprint density at radius 3 is 2.28 bits per heavy atom. The van der Waals surface area contributed by atoms with Crippen LogP contribution in [0.25, 0.3) is 16.8 Å². The summed E-state index contributed by atoms with van der Waals surface area (Å²) in [6.07, 6.45) is -9.13. The second-order valence-corrected chi connectivity index (χ2v) is 5.92. The predicted molar refractivity (Wildman–Crippen MR) is 81.5 cm³/mol. The molecule has 0 amide bonds. The Balaban J connectivity index is 2.19. The largest absolute Gasteiger partial charge is 0.455 e. The lowest BCUT2D eigenvalue weighted by Crippen LogP contribution is -2.40. The van der Waals surface area contributed by atoms with Crippen LogP contribution in [0, 0.1) is 0 Å². The molecule has 3 aromatic heterocycles. The lowest BCUT2D eigenvalue weighted by Gasteiger charge is -2.19. The van der Waals surface area contributed by atoms with Gasteiger partial charge in [0.2, 0.25) is 0 Å². The number of nitrogens with one attached hydrogen (secondary N) is 1. The van der Waals surface area contributed by atoms with Gasteiger partial charge in [0.1, 0.15) is 17.9 Å². The van der Waals surface area contributed by atoms with E-state index < -0.39 is 58.3 Å². The zero-order chi connectivity index (χ0) is 21.8. The molecular weight excluding hydrogens is 420 g/mol. The molecule has 0 fully saturated rings. The van der Waals surface area contributed by atoms with Crippen molar-refractivity contribution in [3.63, 3.8) is 0 Å². The fraction of sp³-hybridized carbons (Fsp3) is 0.267. The molecule has 0 aliphatic heterocycles. The monoisotopic (exact) mass is 428 g/mol. The average Bonchev–Trinajstić information content (AvgIpc) is 2.99. The molecule has 3 heterocycles. The average molecular weight is 428 g/mol. The summed E-state index contributed by atoms with van der Waals surface area (Å²) in [4.78, 5) is 25.7. The number of alkyl halides is 8. The molecule has 0 aromatic carbocycles. The summed E-state index contributed by atoms with van der Waals surface area (Å²) < 4.78 is 104. The van der Waals surface area contributed by atoms with Gasteiger partial charge in [-0.3, -0.25) is 18.7 Å². The van der Waals surface area contributed by atoms with E-state index in [1.807, 2.05) is 4.98 Å². The van der Waals surface area contributed by atoms with Gasteiger partial charge in [0.15, 0.2) is 5.43 Å². The van der Waals surface area contributed by atoms with Crippen molar-refractivity contribution >= 4 is 5.65 Å². The van der Waals surface area contributed by atoms with E-state index in [2.05, 4.69) is 5.10 Å². The Hall–Kier alpha value is -3.19. The number of hydrogen-bond donors (Lipinski definition) is 1. The Morgan fingerprint density at radius 2 is 1.69 bits per heavy atom. The van der Waals surface area contributed by atoms with E-state index in [1.165, 1.54) is 0 Å². The zero-order valence-electron chi connectivity index (χ0n) is 13.8. The van der Waals surface area contributed by atoms with Crippen molar-refractivity contribution in [2.24, 2.45) is 0 Å². The highest BCUT2D eigenvalue weighted by atomic mass is 19.4. The van der Waals surface area contributed by atoms with Crippen molar-refractivity contribution in [1.29, 1.82) is 0 Å². The summed E-state index contributed by atoms with van der Waals surface area (Å²) in [5, 5.41) is 3.21. The molecule has 0 atom stereocenters. The number of fused-ring (bicyclic) bond motifs is 1. The molecule has 0 aliphatic carbocycles. The smallest absolute Gasteiger partial charge is 0.336 e. The van der Waals surface area contributed by atoms with Gasteiger partial charge in [-0.1, -0.05) is 0 Å². The number of pyridine rings is 1. The van der Waals surface area contributed by atoms with Gasteiger partial charge in [-0.15, -0.1) is 0 Å². The fourth-order valence-corrected chi connectivity index (χ4v) is 2.52. The topological polar surface area (TPSA) is 72.2 Å². The molecule has 1 N–H and O–H groups in total. The first-order valence-corrected chi connectivity index (χ1v) is 7.54. The maximum Gasteiger partial charge on any atom is 0.455 e. The highest BCUT2D eigenvalue weighted by Crippen LogP contribution is 2.37. The van der Waals surface area contributed by atoms with E-state index in [4.69, 9.17) is 0 Å². The fourth-order valence-electron chi connectivity index (χ4n) is 2.52. The summed E-state index contributed by atoms with van der Waals surface area (Å²) in [5.74, 6) is -5.20. The molecule has 0 saturated carbocycles. The number of nitrogens with zero attached hydrogens (tertiary/aromatic N) is 3. The van der Waals surface area contributed by atoms with Crippen LogP contribution in [-0.2, 0) is 12.7 Å². The van der Waals surface area contributed by atoms with Crippen molar-refractivity contribution in [2.45, 2.75) is 24.8 Å². The molecule has 156 valence electrons. The number of hydrogen-bond acceptors (Lipinski definition) is 3. The van der Waals surface area contributed by atoms with Crippen LogP contribution in [0.1, 0.15) is 5.69 Å². The molecular formula is C15H8F8N4O2. The van der Waals surface area contributed by atoms with Gasteiger partial charge in [-0.25, -0.2) is 0 Å².